The maximum atomic E-state index is 12.9. The summed E-state index contributed by atoms with van der Waals surface area (Å²) >= 11 is 0. The van der Waals surface area contributed by atoms with Gasteiger partial charge < -0.3 is 14.2 Å². The van der Waals surface area contributed by atoms with Crippen LogP contribution in [0.4, 0.5) is 0 Å². The molecule has 0 saturated heterocycles. The second-order valence-corrected chi connectivity index (χ2v) is 22.0. The average Bonchev–Trinajstić information content (AvgIpc) is 3.41. The lowest BCUT2D eigenvalue weighted by Gasteiger charge is -2.18. The summed E-state index contributed by atoms with van der Waals surface area (Å²) < 4.78 is 16.9. The maximum Gasteiger partial charge on any atom is 0.306 e. The van der Waals surface area contributed by atoms with E-state index in [1.165, 1.54) is 218 Å². The van der Waals surface area contributed by atoms with Gasteiger partial charge in [0, 0.05) is 19.3 Å². The highest BCUT2D eigenvalue weighted by Gasteiger charge is 2.19. The molecule has 0 heterocycles. The van der Waals surface area contributed by atoms with E-state index in [1.807, 2.05) is 0 Å². The molecule has 0 aromatic carbocycles. The summed E-state index contributed by atoms with van der Waals surface area (Å²) in [5.74, 6) is -0.911. The lowest BCUT2D eigenvalue weighted by Crippen LogP contribution is -2.30. The van der Waals surface area contributed by atoms with Crippen LogP contribution in [0.5, 0.6) is 0 Å². The number of allylic oxidation sites excluding steroid dienone is 10. The van der Waals surface area contributed by atoms with E-state index in [1.54, 1.807) is 0 Å². The Kier molecular flexibility index (Phi) is 61.2. The van der Waals surface area contributed by atoms with Gasteiger partial charge >= 0.3 is 17.9 Å². The van der Waals surface area contributed by atoms with Gasteiger partial charge in [0.25, 0.3) is 0 Å². The normalized spacial score (nSPS) is 12.4. The molecule has 1 atom stereocenters. The zero-order chi connectivity index (χ0) is 54.3. The van der Waals surface area contributed by atoms with Gasteiger partial charge in [-0.25, -0.2) is 0 Å². The van der Waals surface area contributed by atoms with Gasteiger partial charge in [-0.3, -0.25) is 14.4 Å². The summed E-state index contributed by atoms with van der Waals surface area (Å²) in [6.07, 6.45) is 81.0. The van der Waals surface area contributed by atoms with E-state index in [0.29, 0.717) is 19.3 Å². The molecule has 0 aliphatic heterocycles. The molecule has 0 saturated carbocycles. The van der Waals surface area contributed by atoms with E-state index in [-0.39, 0.29) is 31.1 Å². The first-order valence-corrected chi connectivity index (χ1v) is 32.8. The predicted molar refractivity (Wildman–Crippen MR) is 325 cm³/mol. The van der Waals surface area contributed by atoms with E-state index in [0.717, 1.165) is 83.5 Å². The molecule has 0 rings (SSSR count). The highest BCUT2D eigenvalue weighted by atomic mass is 16.6. The molecule has 0 spiro atoms. The smallest absolute Gasteiger partial charge is 0.306 e. The number of carbonyl (C=O) groups excluding carboxylic acids is 3. The van der Waals surface area contributed by atoms with Crippen LogP contribution in [0.2, 0.25) is 0 Å². The van der Waals surface area contributed by atoms with Crippen molar-refractivity contribution in [2.75, 3.05) is 13.2 Å². The monoisotopic (exact) mass is 1050 g/mol. The molecule has 436 valence electrons. The minimum atomic E-state index is -0.792. The van der Waals surface area contributed by atoms with E-state index in [4.69, 9.17) is 14.2 Å². The van der Waals surface area contributed by atoms with Gasteiger partial charge in [-0.2, -0.15) is 0 Å². The number of carbonyl (C=O) groups is 3. The predicted octanol–water partition coefficient (Wildman–Crippen LogP) is 22.3. The zero-order valence-corrected chi connectivity index (χ0v) is 50.1. The Morgan fingerprint density at radius 3 is 0.853 bits per heavy atom. The Morgan fingerprint density at radius 1 is 0.280 bits per heavy atom. The number of unbranched alkanes of at least 4 members (excludes halogenated alkanes) is 39. The van der Waals surface area contributed by atoms with Crippen LogP contribution >= 0.6 is 0 Å². The fourth-order valence-corrected chi connectivity index (χ4v) is 9.61. The van der Waals surface area contributed by atoms with Crippen molar-refractivity contribution in [1.29, 1.82) is 0 Å². The third kappa shape index (κ3) is 61.8. The Labute approximate surface area is 466 Å². The standard InChI is InChI=1S/C69H124O6/c1-4-7-10-13-16-19-22-25-28-30-32-33-34-35-37-38-41-44-47-50-53-56-59-62-68(71)74-65-66(64-73-67(70)61-58-55-52-49-46-43-40-27-24-21-18-15-12-9-6-3)75-69(72)63-60-57-54-51-48-45-42-39-36-31-29-26-23-20-17-14-11-8-5-2/h9,12,18,21,26-27,29,40,46,49,66H,4-8,10-11,13-17,19-20,22-25,28,30-39,41-45,47-48,50-65H2,1-3H3/b12-9-,21-18-,29-26-,40-27-,49-46-. The van der Waals surface area contributed by atoms with Crippen LogP contribution < -0.4 is 0 Å². The van der Waals surface area contributed by atoms with Gasteiger partial charge in [0.05, 0.1) is 0 Å². The van der Waals surface area contributed by atoms with Crippen molar-refractivity contribution in [3.8, 4) is 0 Å². The van der Waals surface area contributed by atoms with Crippen LogP contribution in [0.3, 0.4) is 0 Å². The van der Waals surface area contributed by atoms with Crippen LogP contribution in [0.1, 0.15) is 342 Å². The molecule has 0 aliphatic carbocycles. The molecule has 0 aromatic heterocycles. The number of hydrogen-bond acceptors (Lipinski definition) is 6. The van der Waals surface area contributed by atoms with Gasteiger partial charge in [-0.15, -0.1) is 0 Å². The summed E-state index contributed by atoms with van der Waals surface area (Å²) in [5.41, 5.74) is 0. The van der Waals surface area contributed by atoms with Crippen LogP contribution in [-0.4, -0.2) is 37.2 Å². The van der Waals surface area contributed by atoms with Gasteiger partial charge in [-0.05, 0) is 83.5 Å². The highest BCUT2D eigenvalue weighted by Crippen LogP contribution is 2.18. The van der Waals surface area contributed by atoms with Crippen LogP contribution in [0.25, 0.3) is 0 Å². The lowest BCUT2D eigenvalue weighted by molar-refractivity contribution is -0.167. The molecule has 1 unspecified atom stereocenters. The molecule has 0 fully saturated rings. The van der Waals surface area contributed by atoms with Crippen LogP contribution in [0.15, 0.2) is 60.8 Å². The van der Waals surface area contributed by atoms with Crippen molar-refractivity contribution < 1.29 is 28.6 Å². The fraction of sp³-hybridized carbons (Fsp3) is 0.812. The van der Waals surface area contributed by atoms with Crippen molar-refractivity contribution in [3.63, 3.8) is 0 Å². The summed E-state index contributed by atoms with van der Waals surface area (Å²) in [6, 6.07) is 0. The summed E-state index contributed by atoms with van der Waals surface area (Å²) in [7, 11) is 0. The third-order valence-corrected chi connectivity index (χ3v) is 14.5. The number of ether oxygens (including phenoxy) is 3. The number of esters is 3. The third-order valence-electron chi connectivity index (χ3n) is 14.5. The van der Waals surface area contributed by atoms with E-state index >= 15 is 0 Å². The molecular weight excluding hydrogens is 925 g/mol. The highest BCUT2D eigenvalue weighted by molar-refractivity contribution is 5.71. The molecular formula is C69H124O6. The second kappa shape index (κ2) is 63.6. The first kappa shape index (κ1) is 72.1. The molecule has 0 radical (unpaired) electrons. The van der Waals surface area contributed by atoms with Crippen molar-refractivity contribution in [1.82, 2.24) is 0 Å². The second-order valence-electron chi connectivity index (χ2n) is 22.0. The van der Waals surface area contributed by atoms with Gasteiger partial charge in [0.15, 0.2) is 6.10 Å². The topological polar surface area (TPSA) is 78.9 Å². The van der Waals surface area contributed by atoms with Crippen molar-refractivity contribution in [2.45, 2.75) is 348 Å². The van der Waals surface area contributed by atoms with E-state index < -0.39 is 6.10 Å². The van der Waals surface area contributed by atoms with Gasteiger partial charge in [0.1, 0.15) is 13.2 Å². The quantitative estimate of drug-likeness (QED) is 0.0261. The Morgan fingerprint density at radius 2 is 0.520 bits per heavy atom. The number of hydrogen-bond donors (Lipinski definition) is 0. The Hall–Kier alpha value is -2.89. The summed E-state index contributed by atoms with van der Waals surface area (Å²) in [4.78, 5) is 38.3. The molecule has 75 heavy (non-hydrogen) atoms. The minimum Gasteiger partial charge on any atom is -0.462 e. The maximum absolute atomic E-state index is 12.9. The molecule has 0 amide bonds. The minimum absolute atomic E-state index is 0.0848. The van der Waals surface area contributed by atoms with E-state index in [9.17, 15) is 14.4 Å². The molecule has 6 heteroatoms. The van der Waals surface area contributed by atoms with Gasteiger partial charge in [-0.1, -0.05) is 300 Å². The molecule has 6 nitrogen and oxygen atoms in total. The number of rotatable bonds is 60. The van der Waals surface area contributed by atoms with Crippen molar-refractivity contribution >= 4 is 17.9 Å². The molecule has 0 N–H and O–H groups in total. The zero-order valence-electron chi connectivity index (χ0n) is 50.1. The van der Waals surface area contributed by atoms with Crippen LogP contribution in [0, 0.1) is 0 Å². The Bertz CT molecular complexity index is 1340. The SMILES string of the molecule is CC/C=C\C/C=C\C/C=C\C/C=C\CCCCC(=O)OCC(COC(=O)CCCCCCCCCCCCCCCCCCCCCCCCC)OC(=O)CCCCCCCCCCC/C=C\CCCCCCCC. The fourth-order valence-electron chi connectivity index (χ4n) is 9.61. The first-order valence-electron chi connectivity index (χ1n) is 32.8. The first-order chi connectivity index (χ1) is 37.0. The summed E-state index contributed by atoms with van der Waals surface area (Å²) in [6.45, 7) is 6.54. The largest absolute Gasteiger partial charge is 0.462 e. The molecule has 0 aliphatic rings. The average molecular weight is 1050 g/mol. The van der Waals surface area contributed by atoms with E-state index in [2.05, 4.69) is 81.5 Å². The lowest BCUT2D eigenvalue weighted by atomic mass is 10.0. The Balaban J connectivity index is 4.33. The molecule has 0 bridgehead atoms. The van der Waals surface area contributed by atoms with Crippen LogP contribution in [-0.2, 0) is 28.6 Å². The van der Waals surface area contributed by atoms with Crippen molar-refractivity contribution in [2.24, 2.45) is 0 Å². The summed E-state index contributed by atoms with van der Waals surface area (Å²) in [5, 5.41) is 0. The molecule has 0 aromatic rings. The van der Waals surface area contributed by atoms with Gasteiger partial charge in [0.2, 0.25) is 0 Å². The van der Waals surface area contributed by atoms with Crippen molar-refractivity contribution in [3.05, 3.63) is 60.8 Å².